The molecule has 0 heterocycles. The van der Waals surface area contributed by atoms with Crippen LogP contribution in [0.5, 0.6) is 0 Å². The van der Waals surface area contributed by atoms with E-state index in [-0.39, 0.29) is 11.4 Å². The highest BCUT2D eigenvalue weighted by Gasteiger charge is 2.56. The fourth-order valence-corrected chi connectivity index (χ4v) is 3.03. The monoisotopic (exact) mass is 240 g/mol. The number of aliphatic carboxylic acids is 1. The molecule has 3 rings (SSSR count). The van der Waals surface area contributed by atoms with Gasteiger partial charge in [-0.25, -0.2) is 0 Å². The van der Waals surface area contributed by atoms with Gasteiger partial charge in [-0.05, 0) is 38.5 Å². The molecule has 0 aromatic heterocycles. The molecule has 0 aromatic carbocycles. The first-order valence-corrected chi connectivity index (χ1v) is 5.87. The predicted molar refractivity (Wildman–Crippen MR) is 63.5 cm³/mol. The number of carboxylic acids is 1. The van der Waals surface area contributed by atoms with Crippen LogP contribution in [0.2, 0.25) is 0 Å². The fraction of sp³-hybridized carbons (Fsp3) is 0.692. The van der Waals surface area contributed by atoms with Gasteiger partial charge in [0.15, 0.2) is 0 Å². The molecule has 0 saturated heterocycles. The number of methoxy groups -OCH3 is 1. The van der Waals surface area contributed by atoms with E-state index in [0.29, 0.717) is 38.5 Å². The van der Waals surface area contributed by atoms with Crippen molar-refractivity contribution < 1.29 is 19.4 Å². The summed E-state index contributed by atoms with van der Waals surface area (Å²) in [6.07, 6.45) is 3.89. The minimum absolute atomic E-state index is 0.152. The van der Waals surface area contributed by atoms with Crippen molar-refractivity contribution in [3.05, 3.63) is 13.2 Å². The lowest BCUT2D eigenvalue weighted by molar-refractivity contribution is -0.172. The van der Waals surface area contributed by atoms with Gasteiger partial charge in [-0.2, -0.15) is 0 Å². The quantitative estimate of drug-likeness (QED) is 0.594. The van der Waals surface area contributed by atoms with Gasteiger partial charge in [0.2, 0.25) is 0 Å². The van der Waals surface area contributed by atoms with E-state index in [1.165, 1.54) is 7.11 Å². The SMILES string of the molecule is C=C.COC(=O)C12CCC(C(=O)O)(CC1)CC2. The van der Waals surface area contributed by atoms with Crippen molar-refractivity contribution in [3.8, 4) is 0 Å². The number of esters is 1. The number of hydrogen-bond donors (Lipinski definition) is 1. The number of ether oxygens (including phenoxy) is 1. The summed E-state index contributed by atoms with van der Waals surface area (Å²) in [5.74, 6) is -0.846. The first kappa shape index (κ1) is 13.7. The minimum atomic E-state index is -0.694. The first-order valence-electron chi connectivity index (χ1n) is 5.87. The van der Waals surface area contributed by atoms with Gasteiger partial charge in [0, 0.05) is 0 Å². The van der Waals surface area contributed by atoms with Crippen LogP contribution in [0.15, 0.2) is 13.2 Å². The van der Waals surface area contributed by atoms with Gasteiger partial charge in [0.1, 0.15) is 0 Å². The molecule has 3 saturated carbocycles. The van der Waals surface area contributed by atoms with E-state index in [9.17, 15) is 14.7 Å². The normalized spacial score (nSPS) is 34.4. The van der Waals surface area contributed by atoms with Crippen LogP contribution in [-0.2, 0) is 14.3 Å². The van der Waals surface area contributed by atoms with Crippen molar-refractivity contribution in [2.24, 2.45) is 10.8 Å². The van der Waals surface area contributed by atoms with E-state index in [1.807, 2.05) is 0 Å². The van der Waals surface area contributed by atoms with Crippen LogP contribution in [0.25, 0.3) is 0 Å². The van der Waals surface area contributed by atoms with Gasteiger partial charge in [0.25, 0.3) is 0 Å². The average molecular weight is 240 g/mol. The smallest absolute Gasteiger partial charge is 0.311 e. The Kier molecular flexibility index (Phi) is 3.96. The number of carboxylic acid groups (broad SMARTS) is 1. The Morgan fingerprint density at radius 2 is 1.35 bits per heavy atom. The highest BCUT2D eigenvalue weighted by molar-refractivity contribution is 5.80. The molecule has 4 heteroatoms. The zero-order valence-corrected chi connectivity index (χ0v) is 10.3. The molecule has 0 unspecified atom stereocenters. The van der Waals surface area contributed by atoms with Crippen LogP contribution in [0.3, 0.4) is 0 Å². The van der Waals surface area contributed by atoms with Gasteiger partial charge < -0.3 is 9.84 Å². The molecule has 0 spiro atoms. The largest absolute Gasteiger partial charge is 0.481 e. The standard InChI is InChI=1S/C11H16O4.C2H4/c1-15-9(14)11-5-2-10(3-6-11,4-7-11)8(12)13;1-2/h2-7H2,1H3,(H,12,13);1-2H2. The highest BCUT2D eigenvalue weighted by Crippen LogP contribution is 2.57. The van der Waals surface area contributed by atoms with Crippen molar-refractivity contribution in [3.63, 3.8) is 0 Å². The maximum atomic E-state index is 11.6. The van der Waals surface area contributed by atoms with E-state index in [2.05, 4.69) is 13.2 Å². The molecular formula is C13H20O4. The van der Waals surface area contributed by atoms with Crippen molar-refractivity contribution in [1.82, 2.24) is 0 Å². The number of fused-ring (bicyclic) bond motifs is 3. The number of hydrogen-bond acceptors (Lipinski definition) is 3. The summed E-state index contributed by atoms with van der Waals surface area (Å²) in [6, 6.07) is 0. The van der Waals surface area contributed by atoms with Crippen LogP contribution in [0.4, 0.5) is 0 Å². The van der Waals surface area contributed by atoms with E-state index in [4.69, 9.17) is 4.74 Å². The Bertz CT molecular complexity index is 297. The second-order valence-corrected chi connectivity index (χ2v) is 4.86. The van der Waals surface area contributed by atoms with Crippen LogP contribution < -0.4 is 0 Å². The average Bonchev–Trinajstić information content (AvgIpc) is 2.42. The Morgan fingerprint density at radius 3 is 1.65 bits per heavy atom. The molecule has 1 N–H and O–H groups in total. The molecule has 3 fully saturated rings. The summed E-state index contributed by atoms with van der Waals surface area (Å²) < 4.78 is 4.82. The fourth-order valence-electron chi connectivity index (χ4n) is 3.03. The topological polar surface area (TPSA) is 63.6 Å². The summed E-state index contributed by atoms with van der Waals surface area (Å²) in [7, 11) is 1.41. The molecule has 17 heavy (non-hydrogen) atoms. The van der Waals surface area contributed by atoms with Crippen LogP contribution in [0.1, 0.15) is 38.5 Å². The number of carbonyl (C=O) groups is 2. The van der Waals surface area contributed by atoms with E-state index in [0.717, 1.165) is 0 Å². The third-order valence-electron chi connectivity index (χ3n) is 4.32. The molecule has 3 aliphatic rings. The third kappa shape index (κ3) is 2.08. The zero-order chi connectivity index (χ0) is 13.1. The molecule has 0 radical (unpaired) electrons. The molecule has 0 amide bonds. The van der Waals surface area contributed by atoms with E-state index >= 15 is 0 Å². The van der Waals surface area contributed by atoms with Gasteiger partial charge in [-0.15, -0.1) is 13.2 Å². The third-order valence-corrected chi connectivity index (χ3v) is 4.32. The lowest BCUT2D eigenvalue weighted by Gasteiger charge is -2.49. The molecule has 96 valence electrons. The number of rotatable bonds is 2. The molecule has 0 aliphatic heterocycles. The summed E-state index contributed by atoms with van der Waals surface area (Å²) in [5, 5.41) is 9.18. The van der Waals surface area contributed by atoms with Crippen molar-refractivity contribution in [2.45, 2.75) is 38.5 Å². The Hall–Kier alpha value is -1.32. The molecular weight excluding hydrogens is 220 g/mol. The molecule has 0 aromatic rings. The van der Waals surface area contributed by atoms with E-state index < -0.39 is 11.4 Å². The second-order valence-electron chi connectivity index (χ2n) is 4.86. The Morgan fingerprint density at radius 1 is 1.00 bits per heavy atom. The van der Waals surface area contributed by atoms with Crippen LogP contribution in [-0.4, -0.2) is 24.2 Å². The molecule has 0 atom stereocenters. The first-order chi connectivity index (χ1) is 8.05. The lowest BCUT2D eigenvalue weighted by atomic mass is 9.54. The van der Waals surface area contributed by atoms with Gasteiger partial charge in [-0.1, -0.05) is 0 Å². The van der Waals surface area contributed by atoms with Crippen molar-refractivity contribution in [1.29, 1.82) is 0 Å². The second kappa shape index (κ2) is 4.90. The zero-order valence-electron chi connectivity index (χ0n) is 10.3. The maximum absolute atomic E-state index is 11.6. The summed E-state index contributed by atoms with van der Waals surface area (Å²) >= 11 is 0. The molecule has 4 nitrogen and oxygen atoms in total. The van der Waals surface area contributed by atoms with Gasteiger partial charge in [-0.3, -0.25) is 9.59 Å². The number of carbonyl (C=O) groups excluding carboxylic acids is 1. The van der Waals surface area contributed by atoms with Crippen molar-refractivity contribution >= 4 is 11.9 Å². The Labute approximate surface area is 102 Å². The Balaban J connectivity index is 0.000000686. The molecule has 2 bridgehead atoms. The summed E-state index contributed by atoms with van der Waals surface area (Å²) in [5.41, 5.74) is -0.915. The lowest BCUT2D eigenvalue weighted by Crippen LogP contribution is -2.49. The van der Waals surface area contributed by atoms with E-state index in [1.54, 1.807) is 0 Å². The predicted octanol–water partition coefficient (Wildman–Crippen LogP) is 2.39. The maximum Gasteiger partial charge on any atom is 0.311 e. The van der Waals surface area contributed by atoms with Crippen molar-refractivity contribution in [2.75, 3.05) is 7.11 Å². The van der Waals surface area contributed by atoms with Gasteiger partial charge in [0.05, 0.1) is 17.9 Å². The van der Waals surface area contributed by atoms with Gasteiger partial charge >= 0.3 is 11.9 Å². The van der Waals surface area contributed by atoms with Crippen LogP contribution in [0, 0.1) is 10.8 Å². The summed E-state index contributed by atoms with van der Waals surface area (Å²) in [4.78, 5) is 22.8. The minimum Gasteiger partial charge on any atom is -0.481 e. The summed E-state index contributed by atoms with van der Waals surface area (Å²) in [6.45, 7) is 6.00. The highest BCUT2D eigenvalue weighted by atomic mass is 16.5. The molecule has 3 aliphatic carbocycles. The van der Waals surface area contributed by atoms with Crippen LogP contribution >= 0.6 is 0 Å².